The lowest BCUT2D eigenvalue weighted by atomic mass is 9.97. The second kappa shape index (κ2) is 3.33. The van der Waals surface area contributed by atoms with E-state index < -0.39 is 0 Å². The molecule has 70 valence electrons. The number of ether oxygens (including phenoxy) is 1. The summed E-state index contributed by atoms with van der Waals surface area (Å²) in [5, 5.41) is 0. The van der Waals surface area contributed by atoms with Gasteiger partial charge in [0.15, 0.2) is 0 Å². The van der Waals surface area contributed by atoms with Gasteiger partial charge in [-0.15, -0.1) is 0 Å². The largest absolute Gasteiger partial charge is 0.493 e. The van der Waals surface area contributed by atoms with Crippen LogP contribution in [0.4, 0.5) is 0 Å². The van der Waals surface area contributed by atoms with Crippen LogP contribution in [0.5, 0.6) is 5.75 Å². The summed E-state index contributed by atoms with van der Waals surface area (Å²) in [5.41, 5.74) is 4.04. The summed E-state index contributed by atoms with van der Waals surface area (Å²) in [6, 6.07) is 4.20. The molecule has 0 bridgehead atoms. The SMILES string of the molecule is Cc1ccc2c(c1C)C(Br)CCO2. The van der Waals surface area contributed by atoms with Gasteiger partial charge in [0.25, 0.3) is 0 Å². The molecule has 1 unspecified atom stereocenters. The molecule has 1 aliphatic heterocycles. The minimum Gasteiger partial charge on any atom is -0.493 e. The highest BCUT2D eigenvalue weighted by atomic mass is 79.9. The van der Waals surface area contributed by atoms with Crippen LogP contribution in [0.2, 0.25) is 0 Å². The third-order valence-corrected chi connectivity index (χ3v) is 3.60. The summed E-state index contributed by atoms with van der Waals surface area (Å²) >= 11 is 3.69. The first-order valence-electron chi connectivity index (χ1n) is 4.57. The van der Waals surface area contributed by atoms with Crippen molar-refractivity contribution in [3.63, 3.8) is 0 Å². The van der Waals surface area contributed by atoms with Crippen molar-refractivity contribution in [2.75, 3.05) is 6.61 Å². The third-order valence-electron chi connectivity index (χ3n) is 2.69. The highest BCUT2D eigenvalue weighted by Crippen LogP contribution is 2.40. The minimum absolute atomic E-state index is 0.469. The Hall–Kier alpha value is -0.500. The molecule has 0 N–H and O–H groups in total. The monoisotopic (exact) mass is 240 g/mol. The van der Waals surface area contributed by atoms with Crippen molar-refractivity contribution >= 4 is 15.9 Å². The molecule has 0 saturated carbocycles. The van der Waals surface area contributed by atoms with Crippen LogP contribution >= 0.6 is 15.9 Å². The van der Waals surface area contributed by atoms with E-state index in [9.17, 15) is 0 Å². The molecule has 0 fully saturated rings. The summed E-state index contributed by atoms with van der Waals surface area (Å²) in [6.45, 7) is 5.13. The van der Waals surface area contributed by atoms with Crippen molar-refractivity contribution in [2.24, 2.45) is 0 Å². The number of fused-ring (bicyclic) bond motifs is 1. The first kappa shape index (κ1) is 9.07. The van der Waals surface area contributed by atoms with E-state index in [2.05, 4.69) is 41.9 Å². The molecule has 2 heteroatoms. The minimum atomic E-state index is 0.469. The number of aryl methyl sites for hydroxylation is 1. The van der Waals surface area contributed by atoms with E-state index in [-0.39, 0.29) is 0 Å². The molecular formula is C11H13BrO. The van der Waals surface area contributed by atoms with Gasteiger partial charge in [-0.25, -0.2) is 0 Å². The number of rotatable bonds is 0. The summed E-state index contributed by atoms with van der Waals surface area (Å²) in [4.78, 5) is 0.469. The Morgan fingerprint density at radius 3 is 2.92 bits per heavy atom. The van der Waals surface area contributed by atoms with Crippen molar-refractivity contribution < 1.29 is 4.74 Å². The highest BCUT2D eigenvalue weighted by Gasteiger charge is 2.21. The fraction of sp³-hybridized carbons (Fsp3) is 0.455. The van der Waals surface area contributed by atoms with Gasteiger partial charge in [-0.1, -0.05) is 22.0 Å². The van der Waals surface area contributed by atoms with E-state index in [0.29, 0.717) is 4.83 Å². The maximum Gasteiger partial charge on any atom is 0.123 e. The van der Waals surface area contributed by atoms with Crippen molar-refractivity contribution in [3.8, 4) is 5.75 Å². The van der Waals surface area contributed by atoms with Crippen LogP contribution in [0, 0.1) is 13.8 Å². The number of hydrogen-bond acceptors (Lipinski definition) is 1. The lowest BCUT2D eigenvalue weighted by molar-refractivity contribution is 0.287. The van der Waals surface area contributed by atoms with Crippen molar-refractivity contribution in [2.45, 2.75) is 25.1 Å². The van der Waals surface area contributed by atoms with Gasteiger partial charge in [0.1, 0.15) is 5.75 Å². The number of benzene rings is 1. The van der Waals surface area contributed by atoms with E-state index in [1.165, 1.54) is 16.7 Å². The molecule has 1 atom stereocenters. The van der Waals surface area contributed by atoms with Crippen LogP contribution in [0.15, 0.2) is 12.1 Å². The summed E-state index contributed by atoms with van der Waals surface area (Å²) < 4.78 is 5.60. The first-order valence-corrected chi connectivity index (χ1v) is 5.48. The predicted octanol–water partition coefficient (Wildman–Crippen LogP) is 3.52. The molecule has 1 aromatic rings. The Labute approximate surface area is 87.2 Å². The smallest absolute Gasteiger partial charge is 0.123 e. The topological polar surface area (TPSA) is 9.23 Å². The van der Waals surface area contributed by atoms with Gasteiger partial charge in [-0.2, -0.15) is 0 Å². The molecule has 1 aliphatic rings. The van der Waals surface area contributed by atoms with Crippen LogP contribution in [0.1, 0.15) is 27.9 Å². The molecule has 2 rings (SSSR count). The number of halogens is 1. The lowest BCUT2D eigenvalue weighted by Crippen LogP contribution is -2.12. The van der Waals surface area contributed by atoms with Gasteiger partial charge in [-0.3, -0.25) is 0 Å². The summed E-state index contributed by atoms with van der Waals surface area (Å²) in [6.07, 6.45) is 1.07. The molecule has 1 aromatic carbocycles. The van der Waals surface area contributed by atoms with E-state index in [1.54, 1.807) is 0 Å². The van der Waals surface area contributed by atoms with Crippen molar-refractivity contribution in [1.82, 2.24) is 0 Å². The highest BCUT2D eigenvalue weighted by molar-refractivity contribution is 9.09. The van der Waals surface area contributed by atoms with E-state index >= 15 is 0 Å². The Morgan fingerprint density at radius 2 is 2.15 bits per heavy atom. The Morgan fingerprint density at radius 1 is 1.38 bits per heavy atom. The molecule has 1 heterocycles. The third kappa shape index (κ3) is 1.48. The lowest BCUT2D eigenvalue weighted by Gasteiger charge is -2.24. The zero-order valence-electron chi connectivity index (χ0n) is 7.93. The van der Waals surface area contributed by atoms with E-state index in [4.69, 9.17) is 4.74 Å². The molecule has 0 radical (unpaired) electrons. The van der Waals surface area contributed by atoms with Gasteiger partial charge in [0.05, 0.1) is 6.61 Å². The Bertz CT molecular complexity index is 333. The van der Waals surface area contributed by atoms with E-state index in [0.717, 1.165) is 18.8 Å². The number of alkyl halides is 1. The van der Waals surface area contributed by atoms with Crippen molar-refractivity contribution in [3.05, 3.63) is 28.8 Å². The van der Waals surface area contributed by atoms with Gasteiger partial charge in [0, 0.05) is 10.4 Å². The first-order chi connectivity index (χ1) is 6.20. The molecule has 0 amide bonds. The second-order valence-electron chi connectivity index (χ2n) is 3.52. The molecule has 0 saturated heterocycles. The van der Waals surface area contributed by atoms with Crippen LogP contribution < -0.4 is 4.74 Å². The molecule has 0 aromatic heterocycles. The molecule has 1 nitrogen and oxygen atoms in total. The standard InChI is InChI=1S/C11H13BrO/c1-7-3-4-10-11(8(7)2)9(12)5-6-13-10/h3-4,9H,5-6H2,1-2H3. The Balaban J connectivity index is 2.58. The second-order valence-corrected chi connectivity index (χ2v) is 4.63. The van der Waals surface area contributed by atoms with Gasteiger partial charge in [-0.05, 0) is 37.5 Å². The number of hydrogen-bond donors (Lipinski definition) is 0. The van der Waals surface area contributed by atoms with Crippen LogP contribution in [-0.4, -0.2) is 6.61 Å². The summed E-state index contributed by atoms with van der Waals surface area (Å²) in [5.74, 6) is 1.05. The maximum absolute atomic E-state index is 5.60. The van der Waals surface area contributed by atoms with Gasteiger partial charge >= 0.3 is 0 Å². The van der Waals surface area contributed by atoms with Crippen LogP contribution in [0.3, 0.4) is 0 Å². The fourth-order valence-electron chi connectivity index (χ4n) is 1.74. The maximum atomic E-state index is 5.60. The quantitative estimate of drug-likeness (QED) is 0.631. The van der Waals surface area contributed by atoms with Gasteiger partial charge in [0.2, 0.25) is 0 Å². The molecule has 0 spiro atoms. The normalized spacial score (nSPS) is 20.7. The average molecular weight is 241 g/mol. The predicted molar refractivity (Wildman–Crippen MR) is 57.7 cm³/mol. The molecule has 0 aliphatic carbocycles. The fourth-order valence-corrected chi connectivity index (χ4v) is 2.50. The van der Waals surface area contributed by atoms with Gasteiger partial charge < -0.3 is 4.74 Å². The molecular weight excluding hydrogens is 228 g/mol. The van der Waals surface area contributed by atoms with Crippen LogP contribution in [0.25, 0.3) is 0 Å². The van der Waals surface area contributed by atoms with Crippen LogP contribution in [-0.2, 0) is 0 Å². The zero-order chi connectivity index (χ0) is 9.42. The van der Waals surface area contributed by atoms with Crippen molar-refractivity contribution in [1.29, 1.82) is 0 Å². The zero-order valence-corrected chi connectivity index (χ0v) is 9.52. The summed E-state index contributed by atoms with van der Waals surface area (Å²) in [7, 11) is 0. The van der Waals surface area contributed by atoms with E-state index in [1.807, 2.05) is 0 Å². The Kier molecular flexibility index (Phi) is 2.33. The average Bonchev–Trinajstić information content (AvgIpc) is 2.12. The molecule has 13 heavy (non-hydrogen) atoms.